The van der Waals surface area contributed by atoms with Crippen molar-refractivity contribution in [2.24, 2.45) is 5.92 Å². The Labute approximate surface area is 162 Å². The van der Waals surface area contributed by atoms with Gasteiger partial charge in [0.2, 0.25) is 0 Å². The van der Waals surface area contributed by atoms with Crippen molar-refractivity contribution in [1.29, 1.82) is 0 Å². The molecule has 25 heavy (non-hydrogen) atoms. The van der Waals surface area contributed by atoms with Crippen LogP contribution in [-0.2, 0) is 23.9 Å². The van der Waals surface area contributed by atoms with Crippen molar-refractivity contribution in [2.45, 2.75) is 29.0 Å². The summed E-state index contributed by atoms with van der Waals surface area (Å²) < 4.78 is 5.91. The first-order valence-corrected chi connectivity index (χ1v) is 10.6. The van der Waals surface area contributed by atoms with Crippen molar-refractivity contribution in [1.82, 2.24) is 21.3 Å². The maximum absolute atomic E-state index is 12.1. The van der Waals surface area contributed by atoms with Gasteiger partial charge in [0.25, 0.3) is 0 Å². The van der Waals surface area contributed by atoms with Crippen LogP contribution in [-0.4, -0.2) is 82.2 Å². The molecule has 2 unspecified atom stereocenters. The summed E-state index contributed by atoms with van der Waals surface area (Å²) >= 11 is 0.780. The van der Waals surface area contributed by atoms with Crippen molar-refractivity contribution in [2.75, 3.05) is 19.8 Å². The third-order valence-corrected chi connectivity index (χ3v) is 5.07. The van der Waals surface area contributed by atoms with Gasteiger partial charge >= 0.3 is 162 Å². The van der Waals surface area contributed by atoms with Gasteiger partial charge in [-0.1, -0.05) is 0 Å². The average molecular weight is 547 g/mol. The molecule has 0 saturated heterocycles. The van der Waals surface area contributed by atoms with E-state index in [1.54, 1.807) is 0 Å². The summed E-state index contributed by atoms with van der Waals surface area (Å²) in [6.07, 6.45) is 2.76. The molecule has 0 spiro atoms. The second-order valence-electron chi connectivity index (χ2n) is 5.57. The number of rotatable bonds is 14. The molecule has 0 aliphatic heterocycles. The Morgan fingerprint density at radius 2 is 1.96 bits per heavy atom. The molecular weight excluding hydrogens is 523 g/mol. The van der Waals surface area contributed by atoms with Crippen LogP contribution in [0.4, 0.5) is 0 Å². The molecule has 3 amide bonds. The predicted octanol–water partition coefficient (Wildman–Crippen LogP) is -2.02. The van der Waals surface area contributed by atoms with Crippen LogP contribution < -0.4 is 21.3 Å². The van der Waals surface area contributed by atoms with Crippen LogP contribution in [0.15, 0.2) is 12.3 Å². The minimum atomic E-state index is -0.494. The quantitative estimate of drug-likeness (QED) is 0.113. The van der Waals surface area contributed by atoms with Gasteiger partial charge in [-0.15, -0.1) is 0 Å². The number of hydrogen-bond donors (Lipinski definition) is 4. The standard InChI is InChI=1S/C15H23N4O5.Pb/c1-10(5-16-8-21)19-11(2)15(23)17-6-14(22)18-9-24-13(7-20)12-3-4-12;/h7-8,11-13,19H,1-6,9H2,(H,16,21)(H,17,23)(H,18,22);. The second-order valence-corrected chi connectivity index (χ2v) is 7.16. The molecule has 0 aromatic rings. The Hall–Kier alpha value is -1.50. The van der Waals surface area contributed by atoms with Gasteiger partial charge in [0.05, 0.1) is 0 Å². The van der Waals surface area contributed by atoms with Crippen molar-refractivity contribution in [3.05, 3.63) is 12.3 Å². The van der Waals surface area contributed by atoms with Crippen LogP contribution >= 0.6 is 0 Å². The third-order valence-electron chi connectivity index (χ3n) is 3.49. The molecule has 0 aromatic carbocycles. The van der Waals surface area contributed by atoms with E-state index in [0.29, 0.717) is 16.1 Å². The summed E-state index contributed by atoms with van der Waals surface area (Å²) in [7, 11) is 0. The first-order valence-electron chi connectivity index (χ1n) is 7.89. The molecule has 3 radical (unpaired) electrons. The molecule has 1 rings (SSSR count). The van der Waals surface area contributed by atoms with Crippen LogP contribution in [0.25, 0.3) is 0 Å². The third kappa shape index (κ3) is 8.95. The van der Waals surface area contributed by atoms with Gasteiger partial charge in [0.15, 0.2) is 0 Å². The number of aldehydes is 1. The Bertz CT molecular complexity index is 498. The van der Waals surface area contributed by atoms with E-state index in [-0.39, 0.29) is 31.6 Å². The predicted molar refractivity (Wildman–Crippen MR) is 90.4 cm³/mol. The Morgan fingerprint density at radius 3 is 2.52 bits per heavy atom. The SMILES string of the molecule is C=C(CNC=O)NC([CH2][Pb])C(=O)NCC(=O)NCOC(C=O)C1CC1. The molecule has 1 aliphatic rings. The second kappa shape index (κ2) is 12.0. The summed E-state index contributed by atoms with van der Waals surface area (Å²) in [4.78, 5) is 44.8. The fourth-order valence-electron chi connectivity index (χ4n) is 1.95. The van der Waals surface area contributed by atoms with Gasteiger partial charge in [-0.3, -0.25) is 0 Å². The van der Waals surface area contributed by atoms with Crippen LogP contribution in [0.1, 0.15) is 12.8 Å². The van der Waals surface area contributed by atoms with Gasteiger partial charge in [-0.2, -0.15) is 0 Å². The summed E-state index contributed by atoms with van der Waals surface area (Å²) in [6.45, 7) is 3.70. The molecule has 137 valence electrons. The van der Waals surface area contributed by atoms with E-state index in [1.807, 2.05) is 0 Å². The summed E-state index contributed by atoms with van der Waals surface area (Å²) in [5.74, 6) is -0.458. The summed E-state index contributed by atoms with van der Waals surface area (Å²) in [5, 5.41) is 10.4. The number of ether oxygens (including phenoxy) is 1. The topological polar surface area (TPSA) is 126 Å². The summed E-state index contributed by atoms with van der Waals surface area (Å²) in [6, 6.07) is -0.494. The van der Waals surface area contributed by atoms with Crippen LogP contribution in [0, 0.1) is 5.92 Å². The first kappa shape index (κ1) is 21.5. The number of nitrogens with one attached hydrogen (secondary N) is 4. The van der Waals surface area contributed by atoms with Crippen LogP contribution in [0.5, 0.6) is 0 Å². The zero-order chi connectivity index (χ0) is 18.7. The Morgan fingerprint density at radius 1 is 1.24 bits per heavy atom. The molecule has 0 bridgehead atoms. The van der Waals surface area contributed by atoms with Gasteiger partial charge in [-0.05, 0) is 0 Å². The fraction of sp³-hybridized carbons (Fsp3) is 0.600. The Kier molecular flexibility index (Phi) is 10.3. The number of hydrogen-bond acceptors (Lipinski definition) is 6. The van der Waals surface area contributed by atoms with E-state index in [0.717, 1.165) is 44.9 Å². The van der Waals surface area contributed by atoms with E-state index in [4.69, 9.17) is 4.74 Å². The molecule has 0 aromatic heterocycles. The normalized spacial score (nSPS) is 15.4. The zero-order valence-corrected chi connectivity index (χ0v) is 17.8. The maximum atomic E-state index is 12.1. The monoisotopic (exact) mass is 547 g/mol. The van der Waals surface area contributed by atoms with Crippen molar-refractivity contribution >= 4 is 50.3 Å². The zero-order valence-electron chi connectivity index (χ0n) is 13.9. The van der Waals surface area contributed by atoms with Gasteiger partial charge in [0.1, 0.15) is 0 Å². The molecule has 10 heteroatoms. The van der Waals surface area contributed by atoms with E-state index in [1.165, 1.54) is 0 Å². The fourth-order valence-corrected chi connectivity index (χ4v) is 3.07. The number of carbonyl (C=O) groups is 4. The molecule has 1 saturated carbocycles. The van der Waals surface area contributed by atoms with Crippen LogP contribution in [0.2, 0.25) is 3.98 Å². The molecule has 9 nitrogen and oxygen atoms in total. The number of amides is 3. The summed E-state index contributed by atoms with van der Waals surface area (Å²) in [5.41, 5.74) is 0.515. The minimum absolute atomic E-state index is 0.0643. The van der Waals surface area contributed by atoms with Gasteiger partial charge in [0, 0.05) is 0 Å². The Balaban J connectivity index is 2.23. The van der Waals surface area contributed by atoms with Crippen molar-refractivity contribution < 1.29 is 23.9 Å². The van der Waals surface area contributed by atoms with E-state index in [2.05, 4.69) is 27.8 Å². The van der Waals surface area contributed by atoms with E-state index < -0.39 is 18.1 Å². The molecule has 2 atom stereocenters. The van der Waals surface area contributed by atoms with Crippen molar-refractivity contribution in [3.63, 3.8) is 0 Å². The van der Waals surface area contributed by atoms with Crippen molar-refractivity contribution in [3.8, 4) is 0 Å². The molecular formula is C15H23N4O5Pb. The molecule has 0 heterocycles. The molecule has 1 aliphatic carbocycles. The van der Waals surface area contributed by atoms with Gasteiger partial charge < -0.3 is 0 Å². The first-order chi connectivity index (χ1) is 12.0. The van der Waals surface area contributed by atoms with E-state index >= 15 is 0 Å². The number of carbonyl (C=O) groups excluding carboxylic acids is 4. The average Bonchev–Trinajstić information content (AvgIpc) is 3.44. The molecule has 4 N–H and O–H groups in total. The van der Waals surface area contributed by atoms with Crippen LogP contribution in [0.3, 0.4) is 0 Å². The molecule has 1 fully saturated rings. The van der Waals surface area contributed by atoms with E-state index in [9.17, 15) is 19.2 Å². The van der Waals surface area contributed by atoms with Gasteiger partial charge in [-0.25, -0.2) is 0 Å².